The molecule has 1 atom stereocenters. The van der Waals surface area contributed by atoms with E-state index in [0.717, 1.165) is 50.5 Å². The molecule has 3 aliphatic rings. The van der Waals surface area contributed by atoms with Crippen LogP contribution in [-0.2, 0) is 26.0 Å². The standard InChI is InChI=1S/C26H31N3O5S/c30-25(27-22-11-7-9-19-8-3-4-10-21(19)22)17-29-23-16-20(12-13-24(23)34-18-26(29)31)35(32,33)28-14-5-1-2-6-15-28/h3-4,8,10,12-13,16,22H,1-2,5-7,9,11,14-15,17-18H2,(H,27,30)/t22-/m0/s1. The lowest BCUT2D eigenvalue weighted by Crippen LogP contribution is -2.46. The first-order valence-electron chi connectivity index (χ1n) is 12.4. The minimum Gasteiger partial charge on any atom is -0.482 e. The van der Waals surface area contributed by atoms with Crippen molar-refractivity contribution in [1.29, 1.82) is 0 Å². The first-order chi connectivity index (χ1) is 16.9. The average molecular weight is 498 g/mol. The number of nitrogens with zero attached hydrogens (tertiary/aromatic N) is 2. The van der Waals surface area contributed by atoms with Crippen molar-refractivity contribution in [2.24, 2.45) is 0 Å². The third-order valence-corrected chi connectivity index (χ3v) is 8.98. The van der Waals surface area contributed by atoms with Crippen LogP contribution in [0, 0.1) is 0 Å². The number of sulfonamides is 1. The number of ether oxygens (including phenoxy) is 1. The van der Waals surface area contributed by atoms with Crippen molar-refractivity contribution in [3.05, 3.63) is 53.6 Å². The van der Waals surface area contributed by atoms with Crippen LogP contribution in [0.5, 0.6) is 5.75 Å². The number of anilines is 1. The lowest BCUT2D eigenvalue weighted by Gasteiger charge is -2.31. The molecular formula is C26H31N3O5S. The Hall–Kier alpha value is -2.91. The molecule has 2 aromatic carbocycles. The molecule has 0 saturated carbocycles. The van der Waals surface area contributed by atoms with E-state index in [1.54, 1.807) is 6.07 Å². The molecule has 2 amide bonds. The van der Waals surface area contributed by atoms with Gasteiger partial charge in [0.15, 0.2) is 6.61 Å². The first-order valence-corrected chi connectivity index (χ1v) is 13.8. The van der Waals surface area contributed by atoms with Crippen molar-refractivity contribution in [2.45, 2.75) is 55.9 Å². The number of hydrogen-bond donors (Lipinski definition) is 1. The number of aryl methyl sites for hydroxylation is 1. The lowest BCUT2D eigenvalue weighted by atomic mass is 9.88. The summed E-state index contributed by atoms with van der Waals surface area (Å²) in [4.78, 5) is 27.2. The topological polar surface area (TPSA) is 96.0 Å². The Bertz CT molecular complexity index is 1220. The SMILES string of the molecule is O=C(CN1C(=O)COc2ccc(S(=O)(=O)N3CCCCCC3)cc21)N[C@H]1CCCc2ccccc21. The molecule has 0 spiro atoms. The molecule has 1 aliphatic carbocycles. The van der Waals surface area contributed by atoms with Crippen molar-refractivity contribution in [2.75, 3.05) is 31.1 Å². The summed E-state index contributed by atoms with van der Waals surface area (Å²) < 4.78 is 33.7. The highest BCUT2D eigenvalue weighted by Crippen LogP contribution is 2.35. The van der Waals surface area contributed by atoms with Crippen LogP contribution in [-0.4, -0.2) is 50.8 Å². The fraction of sp³-hybridized carbons (Fsp3) is 0.462. The Morgan fingerprint density at radius 3 is 2.60 bits per heavy atom. The number of nitrogens with one attached hydrogen (secondary N) is 1. The molecule has 1 N–H and O–H groups in total. The fourth-order valence-electron chi connectivity index (χ4n) is 5.23. The summed E-state index contributed by atoms with van der Waals surface area (Å²) in [5.41, 5.74) is 2.67. The Morgan fingerprint density at radius 2 is 1.80 bits per heavy atom. The summed E-state index contributed by atoms with van der Waals surface area (Å²) in [5, 5.41) is 3.08. The highest BCUT2D eigenvalue weighted by molar-refractivity contribution is 7.89. The summed E-state index contributed by atoms with van der Waals surface area (Å²) in [7, 11) is -3.71. The second-order valence-electron chi connectivity index (χ2n) is 9.43. The Labute approximate surface area is 206 Å². The summed E-state index contributed by atoms with van der Waals surface area (Å²) >= 11 is 0. The number of amides is 2. The summed E-state index contributed by atoms with van der Waals surface area (Å²) in [6, 6.07) is 12.6. The molecule has 1 fully saturated rings. The van der Waals surface area contributed by atoms with Crippen molar-refractivity contribution < 1.29 is 22.7 Å². The Morgan fingerprint density at radius 1 is 1.03 bits per heavy atom. The van der Waals surface area contributed by atoms with E-state index in [0.29, 0.717) is 24.5 Å². The monoisotopic (exact) mass is 497 g/mol. The van der Waals surface area contributed by atoms with E-state index in [1.165, 1.54) is 26.9 Å². The zero-order valence-electron chi connectivity index (χ0n) is 19.7. The molecule has 1 saturated heterocycles. The van der Waals surface area contributed by atoms with E-state index in [2.05, 4.69) is 11.4 Å². The van der Waals surface area contributed by atoms with E-state index in [-0.39, 0.29) is 35.9 Å². The average Bonchev–Trinajstić information content (AvgIpc) is 3.16. The number of hydrogen-bond acceptors (Lipinski definition) is 5. The van der Waals surface area contributed by atoms with Gasteiger partial charge in [0.1, 0.15) is 12.3 Å². The zero-order valence-corrected chi connectivity index (χ0v) is 20.6. The van der Waals surface area contributed by atoms with Crippen LogP contribution in [0.4, 0.5) is 5.69 Å². The second kappa shape index (κ2) is 9.99. The molecule has 0 radical (unpaired) electrons. The summed E-state index contributed by atoms with van der Waals surface area (Å²) in [5.74, 6) is -0.259. The van der Waals surface area contributed by atoms with E-state index in [4.69, 9.17) is 4.74 Å². The van der Waals surface area contributed by atoms with Gasteiger partial charge >= 0.3 is 0 Å². The molecule has 35 heavy (non-hydrogen) atoms. The molecule has 0 aromatic heterocycles. The van der Waals surface area contributed by atoms with Crippen LogP contribution in [0.1, 0.15) is 55.7 Å². The van der Waals surface area contributed by atoms with Crippen molar-refractivity contribution >= 4 is 27.5 Å². The number of carbonyl (C=O) groups is 2. The summed E-state index contributed by atoms with van der Waals surface area (Å²) in [6.07, 6.45) is 6.53. The third kappa shape index (κ3) is 4.92. The Balaban J connectivity index is 1.37. The molecule has 186 valence electrons. The van der Waals surface area contributed by atoms with Gasteiger partial charge in [0, 0.05) is 13.1 Å². The first kappa shape index (κ1) is 23.8. The van der Waals surface area contributed by atoms with Gasteiger partial charge in [-0.1, -0.05) is 37.1 Å². The number of rotatable bonds is 5. The van der Waals surface area contributed by atoms with Gasteiger partial charge < -0.3 is 10.1 Å². The number of benzene rings is 2. The fourth-order valence-corrected chi connectivity index (χ4v) is 6.77. The van der Waals surface area contributed by atoms with Gasteiger partial charge in [-0.15, -0.1) is 0 Å². The minimum absolute atomic E-state index is 0.0992. The maximum Gasteiger partial charge on any atom is 0.265 e. The zero-order chi connectivity index (χ0) is 24.4. The molecule has 2 heterocycles. The largest absolute Gasteiger partial charge is 0.482 e. The smallest absolute Gasteiger partial charge is 0.265 e. The van der Waals surface area contributed by atoms with Crippen LogP contribution >= 0.6 is 0 Å². The molecule has 8 nitrogen and oxygen atoms in total. The van der Waals surface area contributed by atoms with Crippen molar-refractivity contribution in [3.8, 4) is 5.75 Å². The van der Waals surface area contributed by atoms with Crippen molar-refractivity contribution in [1.82, 2.24) is 9.62 Å². The van der Waals surface area contributed by atoms with Gasteiger partial charge in [-0.2, -0.15) is 4.31 Å². The molecule has 0 unspecified atom stereocenters. The van der Waals surface area contributed by atoms with Crippen LogP contribution < -0.4 is 15.0 Å². The molecule has 2 aromatic rings. The molecule has 0 bridgehead atoms. The van der Waals surface area contributed by atoms with Crippen molar-refractivity contribution in [3.63, 3.8) is 0 Å². The van der Waals surface area contributed by atoms with E-state index in [1.807, 2.05) is 18.2 Å². The van der Waals surface area contributed by atoms with E-state index >= 15 is 0 Å². The molecular weight excluding hydrogens is 466 g/mol. The molecule has 2 aliphatic heterocycles. The quantitative estimate of drug-likeness (QED) is 0.685. The van der Waals surface area contributed by atoms with Gasteiger partial charge in [0.05, 0.1) is 16.6 Å². The van der Waals surface area contributed by atoms with Crippen LogP contribution in [0.2, 0.25) is 0 Å². The number of fused-ring (bicyclic) bond motifs is 2. The number of carbonyl (C=O) groups excluding carboxylic acids is 2. The van der Waals surface area contributed by atoms with Gasteiger partial charge in [-0.3, -0.25) is 14.5 Å². The third-order valence-electron chi connectivity index (χ3n) is 7.08. The minimum atomic E-state index is -3.71. The predicted octanol–water partition coefficient (Wildman–Crippen LogP) is 3.17. The maximum atomic E-state index is 13.3. The van der Waals surface area contributed by atoms with Gasteiger partial charge in [0.25, 0.3) is 5.91 Å². The molecule has 5 rings (SSSR count). The van der Waals surface area contributed by atoms with Gasteiger partial charge in [-0.05, 0) is 61.4 Å². The maximum absolute atomic E-state index is 13.3. The van der Waals surface area contributed by atoms with Gasteiger partial charge in [0.2, 0.25) is 15.9 Å². The normalized spacial score (nSPS) is 20.9. The molecule has 9 heteroatoms. The van der Waals surface area contributed by atoms with E-state index in [9.17, 15) is 18.0 Å². The Kier molecular flexibility index (Phi) is 6.80. The van der Waals surface area contributed by atoms with E-state index < -0.39 is 10.0 Å². The van der Waals surface area contributed by atoms with Crippen LogP contribution in [0.15, 0.2) is 47.4 Å². The summed E-state index contributed by atoms with van der Waals surface area (Å²) in [6.45, 7) is 0.597. The predicted molar refractivity (Wildman–Crippen MR) is 132 cm³/mol. The van der Waals surface area contributed by atoms with Crippen LogP contribution in [0.3, 0.4) is 0 Å². The second-order valence-corrected chi connectivity index (χ2v) is 11.4. The highest BCUT2D eigenvalue weighted by Gasteiger charge is 2.32. The lowest BCUT2D eigenvalue weighted by molar-refractivity contribution is -0.125. The van der Waals surface area contributed by atoms with Crippen LogP contribution in [0.25, 0.3) is 0 Å². The highest BCUT2D eigenvalue weighted by atomic mass is 32.2. The van der Waals surface area contributed by atoms with Gasteiger partial charge in [-0.25, -0.2) is 8.42 Å².